The average molecular weight is 526 g/mol. The Balaban J connectivity index is 1.56. The van der Waals surface area contributed by atoms with E-state index in [1.165, 1.54) is 59.6 Å². The zero-order chi connectivity index (χ0) is 26.9. The minimum Gasteiger partial charge on any atom is -0.478 e. The molecule has 0 bridgehead atoms. The highest BCUT2D eigenvalue weighted by molar-refractivity contribution is 6.30. The Morgan fingerprint density at radius 1 is 1.05 bits per heavy atom. The molecule has 0 spiro atoms. The van der Waals surface area contributed by atoms with Gasteiger partial charge in [0.2, 0.25) is 0 Å². The molecule has 0 radical (unpaired) electrons. The SMILES string of the molecule is CC1(C)C(=O)N(c2ccnc(Cl)c2)C(=O)N1Cc1ccc(F)cc1NC(=O)Nc1ccc(C(=O)O)cc1. The summed E-state index contributed by atoms with van der Waals surface area (Å²) in [5.74, 6) is -2.22. The normalized spacial score (nSPS) is 14.6. The van der Waals surface area contributed by atoms with Crippen LogP contribution in [0.2, 0.25) is 5.15 Å². The average Bonchev–Trinajstić information content (AvgIpc) is 3.00. The van der Waals surface area contributed by atoms with Crippen LogP contribution < -0.4 is 15.5 Å². The Kier molecular flexibility index (Phi) is 6.82. The van der Waals surface area contributed by atoms with Gasteiger partial charge >= 0.3 is 18.0 Å². The van der Waals surface area contributed by atoms with Crippen LogP contribution in [0.25, 0.3) is 0 Å². The first-order valence-corrected chi connectivity index (χ1v) is 11.3. The standard InChI is InChI=1S/C25H21ClFN5O5/c1-25(2)22(35)32(18-9-10-28-20(26)12-18)24(37)31(25)13-15-3-6-16(27)11-19(15)30-23(36)29-17-7-4-14(5-8-17)21(33)34/h3-12H,13H2,1-2H3,(H,33,34)(H2,29,30,36). The molecule has 1 fully saturated rings. The Hall–Kier alpha value is -4.51. The van der Waals surface area contributed by atoms with Gasteiger partial charge in [0, 0.05) is 11.9 Å². The number of anilines is 3. The molecule has 1 aliphatic rings. The lowest BCUT2D eigenvalue weighted by atomic mass is 10.0. The van der Waals surface area contributed by atoms with Crippen LogP contribution in [0.4, 0.5) is 31.0 Å². The Bertz CT molecular complexity index is 1410. The number of carbonyl (C=O) groups excluding carboxylic acids is 3. The summed E-state index contributed by atoms with van der Waals surface area (Å²) in [6.45, 7) is 3.05. The van der Waals surface area contributed by atoms with Crippen LogP contribution in [-0.2, 0) is 11.3 Å². The van der Waals surface area contributed by atoms with Crippen molar-refractivity contribution in [1.82, 2.24) is 9.88 Å². The number of benzene rings is 2. The lowest BCUT2D eigenvalue weighted by Gasteiger charge is -2.28. The number of nitrogens with one attached hydrogen (secondary N) is 2. The van der Waals surface area contributed by atoms with Gasteiger partial charge in [-0.1, -0.05) is 17.7 Å². The molecule has 2 aromatic carbocycles. The number of imide groups is 1. The summed E-state index contributed by atoms with van der Waals surface area (Å²) in [7, 11) is 0. The van der Waals surface area contributed by atoms with Gasteiger partial charge < -0.3 is 20.6 Å². The first-order valence-electron chi connectivity index (χ1n) is 10.9. The molecule has 0 atom stereocenters. The summed E-state index contributed by atoms with van der Waals surface area (Å²) >= 11 is 5.94. The van der Waals surface area contributed by atoms with Crippen LogP contribution in [0.1, 0.15) is 29.8 Å². The molecule has 4 rings (SSSR count). The number of aromatic carboxylic acids is 1. The smallest absolute Gasteiger partial charge is 0.335 e. The van der Waals surface area contributed by atoms with E-state index in [9.17, 15) is 23.6 Å². The van der Waals surface area contributed by atoms with Crippen molar-refractivity contribution in [1.29, 1.82) is 0 Å². The van der Waals surface area contributed by atoms with Crippen molar-refractivity contribution < 1.29 is 28.7 Å². The quantitative estimate of drug-likeness (QED) is 0.308. The number of rotatable bonds is 6. The van der Waals surface area contributed by atoms with Gasteiger partial charge in [-0.2, -0.15) is 0 Å². The third-order valence-corrected chi connectivity index (χ3v) is 6.04. The highest BCUT2D eigenvalue weighted by Gasteiger charge is 2.52. The minimum absolute atomic E-state index is 0.0499. The molecule has 5 amide bonds. The molecule has 12 heteroatoms. The zero-order valence-electron chi connectivity index (χ0n) is 19.7. The molecule has 1 aliphatic heterocycles. The van der Waals surface area contributed by atoms with Gasteiger partial charge in [-0.15, -0.1) is 0 Å². The van der Waals surface area contributed by atoms with Crippen LogP contribution in [0.3, 0.4) is 0 Å². The van der Waals surface area contributed by atoms with Crippen molar-refractivity contribution >= 4 is 52.6 Å². The van der Waals surface area contributed by atoms with Crippen LogP contribution in [0, 0.1) is 5.82 Å². The van der Waals surface area contributed by atoms with E-state index in [1.54, 1.807) is 13.8 Å². The number of urea groups is 2. The van der Waals surface area contributed by atoms with Gasteiger partial charge in [0.1, 0.15) is 16.5 Å². The summed E-state index contributed by atoms with van der Waals surface area (Å²) in [5, 5.41) is 14.2. The van der Waals surface area contributed by atoms with Gasteiger partial charge in [-0.05, 0) is 67.9 Å². The number of carboxylic acid groups (broad SMARTS) is 1. The topological polar surface area (TPSA) is 132 Å². The first kappa shape index (κ1) is 25.6. The molecule has 2 heterocycles. The third-order valence-electron chi connectivity index (χ3n) is 5.83. The molecule has 37 heavy (non-hydrogen) atoms. The van der Waals surface area contributed by atoms with Crippen LogP contribution >= 0.6 is 11.6 Å². The number of aromatic nitrogens is 1. The fraction of sp³-hybridized carbons (Fsp3) is 0.160. The van der Waals surface area contributed by atoms with Crippen molar-refractivity contribution in [3.63, 3.8) is 0 Å². The van der Waals surface area contributed by atoms with E-state index in [1.807, 2.05) is 0 Å². The number of halogens is 2. The highest BCUT2D eigenvalue weighted by Crippen LogP contribution is 2.35. The Morgan fingerprint density at radius 2 is 1.76 bits per heavy atom. The van der Waals surface area contributed by atoms with Gasteiger partial charge in [0.25, 0.3) is 5.91 Å². The van der Waals surface area contributed by atoms with E-state index in [0.717, 1.165) is 11.0 Å². The van der Waals surface area contributed by atoms with Crippen LogP contribution in [0.15, 0.2) is 60.8 Å². The van der Waals surface area contributed by atoms with E-state index in [4.69, 9.17) is 16.7 Å². The van der Waals surface area contributed by atoms with E-state index in [2.05, 4.69) is 15.6 Å². The molecule has 0 saturated carbocycles. The van der Waals surface area contributed by atoms with E-state index < -0.39 is 35.3 Å². The largest absolute Gasteiger partial charge is 0.478 e. The Morgan fingerprint density at radius 3 is 2.41 bits per heavy atom. The van der Waals surface area contributed by atoms with Crippen molar-refractivity contribution in [2.45, 2.75) is 25.9 Å². The third kappa shape index (κ3) is 5.21. The van der Waals surface area contributed by atoms with Crippen LogP contribution in [0.5, 0.6) is 0 Å². The highest BCUT2D eigenvalue weighted by atomic mass is 35.5. The monoisotopic (exact) mass is 525 g/mol. The minimum atomic E-state index is -1.26. The molecule has 0 unspecified atom stereocenters. The molecular formula is C25H21ClFN5O5. The second-order valence-corrected chi connectivity index (χ2v) is 9.06. The van der Waals surface area contributed by atoms with Crippen molar-refractivity contribution in [2.24, 2.45) is 0 Å². The number of carboxylic acids is 1. The molecule has 0 aliphatic carbocycles. The molecule has 190 valence electrons. The molecule has 1 aromatic heterocycles. The fourth-order valence-corrected chi connectivity index (χ4v) is 3.98. The second kappa shape index (κ2) is 9.86. The lowest BCUT2D eigenvalue weighted by molar-refractivity contribution is -0.123. The van der Waals surface area contributed by atoms with E-state index in [0.29, 0.717) is 11.3 Å². The van der Waals surface area contributed by atoms with E-state index >= 15 is 0 Å². The fourth-order valence-electron chi connectivity index (χ4n) is 3.81. The Labute approximate surface area is 215 Å². The number of pyridine rings is 1. The maximum absolute atomic E-state index is 14.1. The van der Waals surface area contributed by atoms with Gasteiger partial charge in [-0.3, -0.25) is 4.79 Å². The predicted molar refractivity (Wildman–Crippen MR) is 134 cm³/mol. The molecule has 3 aromatic rings. The van der Waals surface area contributed by atoms with Gasteiger partial charge in [-0.25, -0.2) is 28.7 Å². The van der Waals surface area contributed by atoms with Crippen molar-refractivity contribution in [2.75, 3.05) is 15.5 Å². The van der Waals surface area contributed by atoms with Crippen LogP contribution in [-0.4, -0.2) is 44.5 Å². The lowest BCUT2D eigenvalue weighted by Crippen LogP contribution is -2.43. The first-order chi connectivity index (χ1) is 17.5. The summed E-state index contributed by atoms with van der Waals surface area (Å²) in [6.07, 6.45) is 1.38. The number of amides is 5. The second-order valence-electron chi connectivity index (χ2n) is 8.67. The molecular weight excluding hydrogens is 505 g/mol. The van der Waals surface area contributed by atoms with Crippen molar-refractivity contribution in [3.05, 3.63) is 82.9 Å². The summed E-state index contributed by atoms with van der Waals surface area (Å²) < 4.78 is 14.1. The van der Waals surface area contributed by atoms with Gasteiger partial charge in [0.15, 0.2) is 0 Å². The van der Waals surface area contributed by atoms with Crippen molar-refractivity contribution in [3.8, 4) is 0 Å². The molecule has 3 N–H and O–H groups in total. The summed E-state index contributed by atoms with van der Waals surface area (Å²) in [5.41, 5.74) is -0.173. The number of hydrogen-bond donors (Lipinski definition) is 3. The molecule has 10 nitrogen and oxygen atoms in total. The zero-order valence-corrected chi connectivity index (χ0v) is 20.4. The number of hydrogen-bond acceptors (Lipinski definition) is 5. The number of nitrogens with zero attached hydrogens (tertiary/aromatic N) is 3. The maximum Gasteiger partial charge on any atom is 0.335 e. The summed E-state index contributed by atoms with van der Waals surface area (Å²) in [6, 6.07) is 10.7. The summed E-state index contributed by atoms with van der Waals surface area (Å²) in [4.78, 5) is 56.2. The number of carbonyl (C=O) groups is 4. The predicted octanol–water partition coefficient (Wildman–Crippen LogP) is 4.96. The van der Waals surface area contributed by atoms with Gasteiger partial charge in [0.05, 0.1) is 23.5 Å². The van der Waals surface area contributed by atoms with E-state index in [-0.39, 0.29) is 28.6 Å². The molecule has 1 saturated heterocycles. The maximum atomic E-state index is 14.1.